The van der Waals surface area contributed by atoms with Gasteiger partial charge in [0.05, 0.1) is 6.10 Å². The van der Waals surface area contributed by atoms with E-state index in [1.165, 1.54) is 0 Å². The molecule has 1 aliphatic rings. The number of amides is 1. The zero-order valence-corrected chi connectivity index (χ0v) is 13.4. The van der Waals surface area contributed by atoms with Gasteiger partial charge in [-0.05, 0) is 38.5 Å². The second-order valence-electron chi connectivity index (χ2n) is 5.29. The second-order valence-corrected chi connectivity index (χ2v) is 5.85. The Labute approximate surface area is 119 Å². The summed E-state index contributed by atoms with van der Waals surface area (Å²) in [5.41, 5.74) is -0.0693. The van der Waals surface area contributed by atoms with Gasteiger partial charge in [0.2, 0.25) is 5.91 Å². The molecule has 3 nitrogen and oxygen atoms in total. The minimum Gasteiger partial charge on any atom is -0.378 e. The van der Waals surface area contributed by atoms with E-state index in [2.05, 4.69) is 35.1 Å². The molecule has 0 atom stereocenters. The van der Waals surface area contributed by atoms with E-state index in [-0.39, 0.29) is 11.4 Å². The molecule has 1 saturated carbocycles. The fourth-order valence-corrected chi connectivity index (χ4v) is 3.40. The van der Waals surface area contributed by atoms with Gasteiger partial charge in [0, 0.05) is 23.9 Å². The van der Waals surface area contributed by atoms with E-state index in [4.69, 9.17) is 4.74 Å². The van der Waals surface area contributed by atoms with Crippen LogP contribution in [0.3, 0.4) is 0 Å². The van der Waals surface area contributed by atoms with Crippen molar-refractivity contribution < 1.29 is 9.53 Å². The highest BCUT2D eigenvalue weighted by molar-refractivity contribution is 9.09. The number of hydrogen-bond donors (Lipinski definition) is 1. The molecule has 0 aromatic heterocycles. The summed E-state index contributed by atoms with van der Waals surface area (Å²) in [4.78, 5) is 12.0. The van der Waals surface area contributed by atoms with Gasteiger partial charge in [0.25, 0.3) is 0 Å². The largest absolute Gasteiger partial charge is 0.378 e. The summed E-state index contributed by atoms with van der Waals surface area (Å²) in [7, 11) is 0. The third kappa shape index (κ3) is 4.23. The maximum absolute atomic E-state index is 12.0. The molecule has 1 N–H and O–H groups in total. The molecule has 0 radical (unpaired) electrons. The molecular weight excluding hydrogens is 294 g/mol. The van der Waals surface area contributed by atoms with Crippen molar-refractivity contribution in [2.75, 3.05) is 11.9 Å². The molecule has 0 aromatic carbocycles. The zero-order chi connectivity index (χ0) is 13.6. The molecule has 0 spiro atoms. The average molecular weight is 320 g/mol. The number of carbonyl (C=O) groups is 1. The van der Waals surface area contributed by atoms with Crippen molar-refractivity contribution in [1.82, 2.24) is 5.32 Å². The van der Waals surface area contributed by atoms with Crippen LogP contribution in [0.5, 0.6) is 0 Å². The molecule has 1 fully saturated rings. The van der Waals surface area contributed by atoms with Crippen LogP contribution in [0, 0.1) is 5.92 Å². The number of carbonyl (C=O) groups excluding carboxylic acids is 1. The van der Waals surface area contributed by atoms with E-state index in [1.807, 2.05) is 6.92 Å². The van der Waals surface area contributed by atoms with Crippen LogP contribution in [0.15, 0.2) is 0 Å². The van der Waals surface area contributed by atoms with Crippen LogP contribution >= 0.6 is 15.9 Å². The van der Waals surface area contributed by atoms with Crippen LogP contribution in [0.2, 0.25) is 0 Å². The average Bonchev–Trinajstić information content (AvgIpc) is 2.34. The van der Waals surface area contributed by atoms with Crippen molar-refractivity contribution in [2.24, 2.45) is 5.92 Å². The van der Waals surface area contributed by atoms with E-state index < -0.39 is 0 Å². The number of hydrogen-bond acceptors (Lipinski definition) is 2. The summed E-state index contributed by atoms with van der Waals surface area (Å²) in [5.74, 6) is 0.710. The normalized spacial score (nSPS) is 23.6. The first kappa shape index (κ1) is 16.0. The summed E-state index contributed by atoms with van der Waals surface area (Å²) >= 11 is 3.51. The van der Waals surface area contributed by atoms with Gasteiger partial charge in [-0.3, -0.25) is 4.79 Å². The Bertz CT molecular complexity index is 252. The first-order valence-electron chi connectivity index (χ1n) is 7.07. The minimum atomic E-state index is -0.0693. The lowest BCUT2D eigenvalue weighted by Crippen LogP contribution is -2.50. The minimum absolute atomic E-state index is 0.0693. The van der Waals surface area contributed by atoms with Crippen LogP contribution in [0.25, 0.3) is 0 Å². The third-order valence-electron chi connectivity index (χ3n) is 4.08. The summed E-state index contributed by atoms with van der Waals surface area (Å²) in [6.07, 6.45) is 5.06. The van der Waals surface area contributed by atoms with Gasteiger partial charge in [-0.1, -0.05) is 29.8 Å². The summed E-state index contributed by atoms with van der Waals surface area (Å²) in [5, 5.41) is 4.02. The monoisotopic (exact) mass is 319 g/mol. The molecule has 0 unspecified atom stereocenters. The fourth-order valence-electron chi connectivity index (χ4n) is 2.47. The van der Waals surface area contributed by atoms with Gasteiger partial charge in [0.1, 0.15) is 0 Å². The Morgan fingerprint density at radius 2 is 1.94 bits per heavy atom. The molecule has 1 rings (SSSR count). The molecule has 0 aromatic rings. The molecule has 0 saturated heterocycles. The number of alkyl halides is 1. The van der Waals surface area contributed by atoms with Gasteiger partial charge < -0.3 is 10.1 Å². The summed E-state index contributed by atoms with van der Waals surface area (Å²) in [6.45, 7) is 7.05. The van der Waals surface area contributed by atoms with E-state index in [1.54, 1.807) is 0 Å². The number of ether oxygens (including phenoxy) is 1. The standard InChI is InChI=1S/C14H26BrNO2/c1-4-14(5-2,10-15)16-13(17)9-11-7-12(8-11)18-6-3/h11-12H,4-10H2,1-3H3,(H,16,17). The first-order valence-corrected chi connectivity index (χ1v) is 8.19. The molecule has 0 aliphatic heterocycles. The predicted molar refractivity (Wildman–Crippen MR) is 78.0 cm³/mol. The number of halogens is 1. The van der Waals surface area contributed by atoms with Crippen LogP contribution in [0.1, 0.15) is 52.9 Å². The van der Waals surface area contributed by atoms with E-state index in [0.717, 1.165) is 37.6 Å². The predicted octanol–water partition coefficient (Wildman–Crippen LogP) is 3.26. The van der Waals surface area contributed by atoms with Crippen molar-refractivity contribution in [3.8, 4) is 0 Å². The lowest BCUT2D eigenvalue weighted by atomic mass is 9.79. The van der Waals surface area contributed by atoms with E-state index >= 15 is 0 Å². The molecule has 1 aliphatic carbocycles. The first-order chi connectivity index (χ1) is 8.59. The number of nitrogens with one attached hydrogen (secondary N) is 1. The Hall–Kier alpha value is -0.0900. The second kappa shape index (κ2) is 7.49. The molecule has 4 heteroatoms. The highest BCUT2D eigenvalue weighted by Crippen LogP contribution is 2.33. The Balaban J connectivity index is 2.30. The van der Waals surface area contributed by atoms with Crippen molar-refractivity contribution in [3.63, 3.8) is 0 Å². The van der Waals surface area contributed by atoms with Crippen LogP contribution in [-0.4, -0.2) is 29.5 Å². The van der Waals surface area contributed by atoms with Crippen molar-refractivity contribution in [2.45, 2.75) is 64.5 Å². The van der Waals surface area contributed by atoms with Crippen LogP contribution in [-0.2, 0) is 9.53 Å². The van der Waals surface area contributed by atoms with Crippen LogP contribution in [0.4, 0.5) is 0 Å². The molecule has 0 heterocycles. The molecule has 18 heavy (non-hydrogen) atoms. The van der Waals surface area contributed by atoms with Gasteiger partial charge in [0.15, 0.2) is 0 Å². The van der Waals surface area contributed by atoms with Gasteiger partial charge >= 0.3 is 0 Å². The fraction of sp³-hybridized carbons (Fsp3) is 0.929. The molecule has 1 amide bonds. The number of rotatable bonds is 8. The lowest BCUT2D eigenvalue weighted by Gasteiger charge is -2.36. The topological polar surface area (TPSA) is 38.3 Å². The van der Waals surface area contributed by atoms with Gasteiger partial charge in [-0.15, -0.1) is 0 Å². The van der Waals surface area contributed by atoms with Crippen molar-refractivity contribution in [1.29, 1.82) is 0 Å². The van der Waals surface area contributed by atoms with Crippen molar-refractivity contribution >= 4 is 21.8 Å². The highest BCUT2D eigenvalue weighted by atomic mass is 79.9. The third-order valence-corrected chi connectivity index (χ3v) is 5.16. The van der Waals surface area contributed by atoms with E-state index in [9.17, 15) is 4.79 Å². The smallest absolute Gasteiger partial charge is 0.220 e. The summed E-state index contributed by atoms with van der Waals surface area (Å²) < 4.78 is 5.51. The maximum atomic E-state index is 12.0. The molecule has 0 bridgehead atoms. The van der Waals surface area contributed by atoms with Gasteiger partial charge in [-0.25, -0.2) is 0 Å². The maximum Gasteiger partial charge on any atom is 0.220 e. The zero-order valence-electron chi connectivity index (χ0n) is 11.8. The summed E-state index contributed by atoms with van der Waals surface area (Å²) in [6, 6.07) is 0. The Morgan fingerprint density at radius 1 is 1.33 bits per heavy atom. The van der Waals surface area contributed by atoms with E-state index in [0.29, 0.717) is 18.4 Å². The lowest BCUT2D eigenvalue weighted by molar-refractivity contribution is -0.126. The van der Waals surface area contributed by atoms with Crippen molar-refractivity contribution in [3.05, 3.63) is 0 Å². The SMILES string of the molecule is CCOC1CC(CC(=O)NC(CC)(CC)CBr)C1. The van der Waals surface area contributed by atoms with Crippen LogP contribution < -0.4 is 5.32 Å². The highest BCUT2D eigenvalue weighted by Gasteiger charge is 2.33. The molecular formula is C14H26BrNO2. The quantitative estimate of drug-likeness (QED) is 0.697. The molecule has 106 valence electrons. The van der Waals surface area contributed by atoms with Gasteiger partial charge in [-0.2, -0.15) is 0 Å². The Morgan fingerprint density at radius 3 is 2.39 bits per heavy atom. The Kier molecular flexibility index (Phi) is 6.64.